The highest BCUT2D eigenvalue weighted by atomic mass is 16.7. The molecular formula is C18H23NO9. The highest BCUT2D eigenvalue weighted by molar-refractivity contribution is 5.77. The van der Waals surface area contributed by atoms with E-state index in [0.29, 0.717) is 6.29 Å². The van der Waals surface area contributed by atoms with Crippen molar-refractivity contribution < 1.29 is 38.3 Å². The van der Waals surface area contributed by atoms with E-state index in [2.05, 4.69) is 4.74 Å². The standard InChI is InChI=1S/C16H17NO9.C2H6/c1-9(19)24-11-6-14(16(20)23-2)26-15(7-11)25-13-4-3-10(8-18)5-12(13)17(21)22;1-2/h3-5,8,11,14-15H,6-7H2,1-2H3;1-2H3. The highest BCUT2D eigenvalue weighted by Gasteiger charge is 2.38. The van der Waals surface area contributed by atoms with Gasteiger partial charge in [0.2, 0.25) is 6.29 Å². The molecule has 2 rings (SSSR count). The second kappa shape index (κ2) is 11.0. The molecule has 0 bridgehead atoms. The van der Waals surface area contributed by atoms with Crippen LogP contribution in [0.3, 0.4) is 0 Å². The predicted molar refractivity (Wildman–Crippen MR) is 95.9 cm³/mol. The van der Waals surface area contributed by atoms with Gasteiger partial charge in [0, 0.05) is 31.4 Å². The van der Waals surface area contributed by atoms with Crippen molar-refractivity contribution in [2.24, 2.45) is 0 Å². The molecule has 0 saturated carbocycles. The number of aldehydes is 1. The SMILES string of the molecule is CC.COC(=O)C1CC(OC(C)=O)CC(Oc2ccc(C=O)cc2[N+](=O)[O-])O1. The molecule has 1 aliphatic heterocycles. The fraction of sp³-hybridized carbons (Fsp3) is 0.500. The minimum absolute atomic E-state index is 0.0691. The van der Waals surface area contributed by atoms with Gasteiger partial charge in [-0.25, -0.2) is 4.79 Å². The summed E-state index contributed by atoms with van der Waals surface area (Å²) in [5.74, 6) is -1.36. The molecule has 1 heterocycles. The maximum Gasteiger partial charge on any atom is 0.335 e. The summed E-state index contributed by atoms with van der Waals surface area (Å²) >= 11 is 0. The summed E-state index contributed by atoms with van der Waals surface area (Å²) < 4.78 is 20.7. The third-order valence-corrected chi connectivity index (χ3v) is 3.62. The number of carbonyl (C=O) groups excluding carboxylic acids is 3. The van der Waals surface area contributed by atoms with Crippen molar-refractivity contribution in [3.8, 4) is 5.75 Å². The Morgan fingerprint density at radius 1 is 1.29 bits per heavy atom. The van der Waals surface area contributed by atoms with E-state index in [1.807, 2.05) is 13.8 Å². The van der Waals surface area contributed by atoms with E-state index in [1.54, 1.807) is 0 Å². The molecule has 0 N–H and O–H groups in total. The highest BCUT2D eigenvalue weighted by Crippen LogP contribution is 2.32. The summed E-state index contributed by atoms with van der Waals surface area (Å²) in [5.41, 5.74) is -0.318. The smallest absolute Gasteiger partial charge is 0.335 e. The van der Waals surface area contributed by atoms with Gasteiger partial charge < -0.3 is 18.9 Å². The van der Waals surface area contributed by atoms with Gasteiger partial charge in [0.25, 0.3) is 0 Å². The van der Waals surface area contributed by atoms with Gasteiger partial charge >= 0.3 is 17.6 Å². The average molecular weight is 397 g/mol. The van der Waals surface area contributed by atoms with Crippen LogP contribution in [0.5, 0.6) is 5.75 Å². The Morgan fingerprint density at radius 3 is 2.50 bits per heavy atom. The molecule has 0 radical (unpaired) electrons. The molecule has 1 fully saturated rings. The summed E-state index contributed by atoms with van der Waals surface area (Å²) in [4.78, 5) is 44.2. The first-order valence-corrected chi connectivity index (χ1v) is 8.64. The van der Waals surface area contributed by atoms with Crippen molar-refractivity contribution in [1.29, 1.82) is 0 Å². The van der Waals surface area contributed by atoms with Gasteiger partial charge in [-0.15, -0.1) is 0 Å². The fourth-order valence-electron chi connectivity index (χ4n) is 2.53. The first-order valence-electron chi connectivity index (χ1n) is 8.64. The van der Waals surface area contributed by atoms with E-state index in [1.165, 1.54) is 26.2 Å². The second-order valence-corrected chi connectivity index (χ2v) is 5.50. The number of hydrogen-bond acceptors (Lipinski definition) is 9. The summed E-state index contributed by atoms with van der Waals surface area (Å²) in [6.07, 6.45) is -2.19. The van der Waals surface area contributed by atoms with Crippen LogP contribution in [0.4, 0.5) is 5.69 Å². The number of rotatable bonds is 6. The van der Waals surface area contributed by atoms with Crippen LogP contribution >= 0.6 is 0 Å². The minimum atomic E-state index is -1.09. The normalized spacial score (nSPS) is 20.8. The van der Waals surface area contributed by atoms with E-state index >= 15 is 0 Å². The monoisotopic (exact) mass is 397 g/mol. The van der Waals surface area contributed by atoms with E-state index in [-0.39, 0.29) is 24.2 Å². The zero-order valence-electron chi connectivity index (χ0n) is 16.1. The lowest BCUT2D eigenvalue weighted by Crippen LogP contribution is -2.44. The molecule has 1 aliphatic rings. The molecule has 10 heteroatoms. The topological polar surface area (TPSA) is 131 Å². The van der Waals surface area contributed by atoms with Gasteiger partial charge in [0.1, 0.15) is 12.4 Å². The number of ether oxygens (including phenoxy) is 4. The third-order valence-electron chi connectivity index (χ3n) is 3.62. The van der Waals surface area contributed by atoms with Crippen molar-refractivity contribution in [3.05, 3.63) is 33.9 Å². The Balaban J connectivity index is 0.00000190. The Kier molecular flexibility index (Phi) is 9.03. The molecule has 3 unspecified atom stereocenters. The second-order valence-electron chi connectivity index (χ2n) is 5.50. The van der Waals surface area contributed by atoms with E-state index in [9.17, 15) is 24.5 Å². The van der Waals surface area contributed by atoms with Gasteiger partial charge in [-0.2, -0.15) is 0 Å². The number of nitrogens with zero attached hydrogens (tertiary/aromatic N) is 1. The molecule has 0 aliphatic carbocycles. The van der Waals surface area contributed by atoms with Crippen LogP contribution in [0.25, 0.3) is 0 Å². The molecule has 0 aromatic heterocycles. The van der Waals surface area contributed by atoms with Crippen LogP contribution in [0.15, 0.2) is 18.2 Å². The quantitative estimate of drug-likeness (QED) is 0.307. The Labute approximate surface area is 161 Å². The Hall–Kier alpha value is -3.01. The molecule has 1 saturated heterocycles. The lowest BCUT2D eigenvalue weighted by Gasteiger charge is -2.33. The van der Waals surface area contributed by atoms with Crippen molar-refractivity contribution in [2.45, 2.75) is 52.1 Å². The molecule has 3 atom stereocenters. The lowest BCUT2D eigenvalue weighted by molar-refractivity contribution is -0.386. The molecule has 10 nitrogen and oxygen atoms in total. The minimum Gasteiger partial charge on any atom is -0.467 e. The fourth-order valence-corrected chi connectivity index (χ4v) is 2.53. The summed E-state index contributed by atoms with van der Waals surface area (Å²) in [6, 6.07) is 3.67. The first kappa shape index (κ1) is 23.0. The van der Waals surface area contributed by atoms with Crippen molar-refractivity contribution in [1.82, 2.24) is 0 Å². The number of benzene rings is 1. The van der Waals surface area contributed by atoms with Gasteiger partial charge in [-0.1, -0.05) is 13.8 Å². The van der Waals surface area contributed by atoms with Gasteiger partial charge in [0.15, 0.2) is 11.9 Å². The molecular weight excluding hydrogens is 374 g/mol. The summed E-state index contributed by atoms with van der Waals surface area (Å²) in [5, 5.41) is 11.2. The van der Waals surface area contributed by atoms with E-state index in [4.69, 9.17) is 14.2 Å². The zero-order chi connectivity index (χ0) is 21.3. The number of nitro groups is 1. The maximum atomic E-state index is 11.8. The number of hydrogen-bond donors (Lipinski definition) is 0. The number of carbonyl (C=O) groups is 3. The van der Waals surface area contributed by atoms with Crippen LogP contribution in [-0.4, -0.2) is 48.8 Å². The van der Waals surface area contributed by atoms with Gasteiger partial charge in [-0.3, -0.25) is 19.7 Å². The van der Waals surface area contributed by atoms with E-state index in [0.717, 1.165) is 6.07 Å². The van der Waals surface area contributed by atoms with Crippen molar-refractivity contribution >= 4 is 23.9 Å². The Morgan fingerprint density at radius 2 is 1.96 bits per heavy atom. The molecule has 0 spiro atoms. The zero-order valence-corrected chi connectivity index (χ0v) is 16.1. The van der Waals surface area contributed by atoms with Crippen LogP contribution in [0.1, 0.15) is 44.0 Å². The Bertz CT molecular complexity index is 719. The molecule has 0 amide bonds. The molecule has 1 aromatic rings. The first-order chi connectivity index (χ1) is 13.3. The largest absolute Gasteiger partial charge is 0.467 e. The third kappa shape index (κ3) is 6.31. The van der Waals surface area contributed by atoms with Crippen LogP contribution in [-0.2, 0) is 23.8 Å². The summed E-state index contributed by atoms with van der Waals surface area (Å²) in [6.45, 7) is 5.22. The molecule has 1 aromatic carbocycles. The van der Waals surface area contributed by atoms with Crippen LogP contribution in [0, 0.1) is 10.1 Å². The van der Waals surface area contributed by atoms with Crippen LogP contribution in [0.2, 0.25) is 0 Å². The summed E-state index contributed by atoms with van der Waals surface area (Å²) in [7, 11) is 1.18. The number of esters is 2. The van der Waals surface area contributed by atoms with E-state index < -0.39 is 41.0 Å². The lowest BCUT2D eigenvalue weighted by atomic mass is 10.0. The number of nitro benzene ring substituents is 1. The van der Waals surface area contributed by atoms with Crippen molar-refractivity contribution in [2.75, 3.05) is 7.11 Å². The number of methoxy groups -OCH3 is 1. The predicted octanol–water partition coefficient (Wildman–Crippen LogP) is 2.42. The average Bonchev–Trinajstić information content (AvgIpc) is 2.68. The molecule has 154 valence electrons. The van der Waals surface area contributed by atoms with Gasteiger partial charge in [0.05, 0.1) is 12.0 Å². The maximum absolute atomic E-state index is 11.8. The van der Waals surface area contributed by atoms with Crippen LogP contribution < -0.4 is 4.74 Å². The molecule has 28 heavy (non-hydrogen) atoms. The van der Waals surface area contributed by atoms with Crippen molar-refractivity contribution in [3.63, 3.8) is 0 Å². The van der Waals surface area contributed by atoms with Gasteiger partial charge in [-0.05, 0) is 12.1 Å².